The summed E-state index contributed by atoms with van der Waals surface area (Å²) in [6.45, 7) is 1.63. The van der Waals surface area contributed by atoms with E-state index in [-0.39, 0.29) is 11.3 Å². The van der Waals surface area contributed by atoms with Crippen molar-refractivity contribution >= 4 is 11.9 Å². The molecule has 6 heteroatoms. The lowest BCUT2D eigenvalue weighted by Crippen LogP contribution is -2.28. The largest absolute Gasteiger partial charge is 0.508 e. The predicted molar refractivity (Wildman–Crippen MR) is 88.0 cm³/mol. The number of rotatable bonds is 6. The van der Waals surface area contributed by atoms with Gasteiger partial charge in [-0.25, -0.2) is 4.79 Å². The van der Waals surface area contributed by atoms with Gasteiger partial charge in [-0.15, -0.1) is 0 Å². The molecule has 0 radical (unpaired) electrons. The molecule has 126 valence electrons. The second kappa shape index (κ2) is 8.01. The van der Waals surface area contributed by atoms with Gasteiger partial charge >= 0.3 is 5.97 Å². The van der Waals surface area contributed by atoms with Crippen LogP contribution in [0.15, 0.2) is 42.5 Å². The van der Waals surface area contributed by atoms with E-state index in [2.05, 4.69) is 5.32 Å². The van der Waals surface area contributed by atoms with Gasteiger partial charge < -0.3 is 19.9 Å². The second-order valence-corrected chi connectivity index (χ2v) is 5.21. The Morgan fingerprint density at radius 3 is 2.67 bits per heavy atom. The van der Waals surface area contributed by atoms with Gasteiger partial charge in [-0.05, 0) is 42.3 Å². The molecule has 0 saturated carbocycles. The minimum Gasteiger partial charge on any atom is -0.508 e. The highest BCUT2D eigenvalue weighted by Gasteiger charge is 2.11. The fraction of sp³-hybridized carbons (Fsp3) is 0.222. The number of methoxy groups -OCH3 is 1. The molecule has 0 bridgehead atoms. The summed E-state index contributed by atoms with van der Waals surface area (Å²) in [5.74, 6) is -0.372. The van der Waals surface area contributed by atoms with Crippen LogP contribution < -0.4 is 10.1 Å². The van der Waals surface area contributed by atoms with Crippen LogP contribution in [0, 0.1) is 6.92 Å². The molecule has 2 rings (SSSR count). The van der Waals surface area contributed by atoms with Crippen LogP contribution in [0.25, 0.3) is 0 Å². The van der Waals surface area contributed by atoms with Crippen LogP contribution in [0.2, 0.25) is 0 Å². The van der Waals surface area contributed by atoms with Crippen molar-refractivity contribution in [3.05, 3.63) is 59.2 Å². The Hall–Kier alpha value is -3.02. The highest BCUT2D eigenvalue weighted by molar-refractivity contribution is 5.91. The van der Waals surface area contributed by atoms with Crippen LogP contribution in [0.1, 0.15) is 21.5 Å². The first-order valence-electron chi connectivity index (χ1n) is 7.36. The molecule has 6 nitrogen and oxygen atoms in total. The zero-order valence-electron chi connectivity index (χ0n) is 13.5. The summed E-state index contributed by atoms with van der Waals surface area (Å²) >= 11 is 0. The molecule has 0 aliphatic carbocycles. The summed E-state index contributed by atoms with van der Waals surface area (Å²) in [5, 5.41) is 12.2. The fourth-order valence-corrected chi connectivity index (χ4v) is 1.98. The van der Waals surface area contributed by atoms with E-state index in [4.69, 9.17) is 9.47 Å². The fourth-order valence-electron chi connectivity index (χ4n) is 1.98. The standard InChI is InChI=1S/C18H19NO5/c1-12-6-7-14(9-16(12)20)18(22)24-11-17(21)19-10-13-4-3-5-15(8-13)23-2/h3-9,20H,10-11H2,1-2H3,(H,19,21). The summed E-state index contributed by atoms with van der Waals surface area (Å²) in [6, 6.07) is 11.7. The summed E-state index contributed by atoms with van der Waals surface area (Å²) in [7, 11) is 1.57. The average molecular weight is 329 g/mol. The van der Waals surface area contributed by atoms with Crippen LogP contribution in [0.5, 0.6) is 11.5 Å². The van der Waals surface area contributed by atoms with E-state index in [0.717, 1.165) is 5.56 Å². The average Bonchev–Trinajstić information content (AvgIpc) is 2.60. The smallest absolute Gasteiger partial charge is 0.338 e. The van der Waals surface area contributed by atoms with E-state index in [1.54, 1.807) is 26.2 Å². The van der Waals surface area contributed by atoms with Gasteiger partial charge in [0.2, 0.25) is 0 Å². The SMILES string of the molecule is COc1cccc(CNC(=O)COC(=O)c2ccc(C)c(O)c2)c1. The van der Waals surface area contributed by atoms with Gasteiger partial charge in [0.1, 0.15) is 11.5 Å². The molecule has 0 aromatic heterocycles. The van der Waals surface area contributed by atoms with Gasteiger partial charge in [0, 0.05) is 6.54 Å². The number of aromatic hydroxyl groups is 1. The molecule has 1 amide bonds. The Labute approximate surface area is 140 Å². The van der Waals surface area contributed by atoms with Crippen LogP contribution in [0.3, 0.4) is 0 Å². The number of amides is 1. The van der Waals surface area contributed by atoms with E-state index < -0.39 is 18.5 Å². The van der Waals surface area contributed by atoms with Crippen molar-refractivity contribution in [1.82, 2.24) is 5.32 Å². The lowest BCUT2D eigenvalue weighted by Gasteiger charge is -2.08. The van der Waals surface area contributed by atoms with Gasteiger partial charge in [0.25, 0.3) is 5.91 Å². The van der Waals surface area contributed by atoms with Crippen molar-refractivity contribution in [2.24, 2.45) is 0 Å². The maximum Gasteiger partial charge on any atom is 0.338 e. The van der Waals surface area contributed by atoms with E-state index in [0.29, 0.717) is 17.9 Å². The molecule has 0 aliphatic heterocycles. The van der Waals surface area contributed by atoms with Gasteiger partial charge in [-0.2, -0.15) is 0 Å². The Kier molecular flexibility index (Phi) is 5.78. The normalized spacial score (nSPS) is 10.1. The molecule has 24 heavy (non-hydrogen) atoms. The number of carbonyl (C=O) groups is 2. The molecular formula is C18H19NO5. The number of hydrogen-bond donors (Lipinski definition) is 2. The molecule has 0 saturated heterocycles. The summed E-state index contributed by atoms with van der Waals surface area (Å²) < 4.78 is 10.0. The number of esters is 1. The van der Waals surface area contributed by atoms with Gasteiger partial charge in [-0.1, -0.05) is 18.2 Å². The number of aryl methyl sites for hydroxylation is 1. The van der Waals surface area contributed by atoms with Crippen molar-refractivity contribution in [3.63, 3.8) is 0 Å². The van der Waals surface area contributed by atoms with Crippen LogP contribution >= 0.6 is 0 Å². The third-order valence-electron chi connectivity index (χ3n) is 3.40. The third-order valence-corrected chi connectivity index (χ3v) is 3.40. The summed E-state index contributed by atoms with van der Waals surface area (Å²) in [6.07, 6.45) is 0. The Bertz CT molecular complexity index is 742. The lowest BCUT2D eigenvalue weighted by atomic mass is 10.1. The number of ether oxygens (including phenoxy) is 2. The Morgan fingerprint density at radius 2 is 1.96 bits per heavy atom. The van der Waals surface area contributed by atoms with Crippen LogP contribution in [0.4, 0.5) is 0 Å². The number of benzene rings is 2. The number of phenolic OH excluding ortho intramolecular Hbond substituents is 1. The summed E-state index contributed by atoms with van der Waals surface area (Å²) in [4.78, 5) is 23.6. The molecule has 0 atom stereocenters. The Morgan fingerprint density at radius 1 is 1.17 bits per heavy atom. The molecule has 0 spiro atoms. The van der Waals surface area contributed by atoms with Crippen molar-refractivity contribution in [3.8, 4) is 11.5 Å². The lowest BCUT2D eigenvalue weighted by molar-refractivity contribution is -0.124. The van der Waals surface area contributed by atoms with Crippen molar-refractivity contribution in [2.75, 3.05) is 13.7 Å². The van der Waals surface area contributed by atoms with Crippen LogP contribution in [-0.4, -0.2) is 30.7 Å². The zero-order valence-corrected chi connectivity index (χ0v) is 13.5. The van der Waals surface area contributed by atoms with Crippen molar-refractivity contribution < 1.29 is 24.2 Å². The molecule has 2 aromatic carbocycles. The predicted octanol–water partition coefficient (Wildman–Crippen LogP) is 2.18. The van der Waals surface area contributed by atoms with E-state index >= 15 is 0 Å². The first-order valence-corrected chi connectivity index (χ1v) is 7.36. The first-order chi connectivity index (χ1) is 11.5. The minimum absolute atomic E-state index is 0.00641. The first kappa shape index (κ1) is 17.3. The van der Waals surface area contributed by atoms with Gasteiger partial charge in [0.05, 0.1) is 12.7 Å². The highest BCUT2D eigenvalue weighted by Crippen LogP contribution is 2.18. The van der Waals surface area contributed by atoms with Gasteiger partial charge in [0.15, 0.2) is 6.61 Å². The third kappa shape index (κ3) is 4.74. The van der Waals surface area contributed by atoms with Crippen molar-refractivity contribution in [2.45, 2.75) is 13.5 Å². The molecule has 0 heterocycles. The molecule has 0 unspecified atom stereocenters. The molecular weight excluding hydrogens is 310 g/mol. The monoisotopic (exact) mass is 329 g/mol. The van der Waals surface area contributed by atoms with Crippen LogP contribution in [-0.2, 0) is 16.1 Å². The maximum absolute atomic E-state index is 11.8. The minimum atomic E-state index is -0.665. The van der Waals surface area contributed by atoms with E-state index in [1.807, 2.05) is 18.2 Å². The second-order valence-electron chi connectivity index (χ2n) is 5.21. The van der Waals surface area contributed by atoms with E-state index in [1.165, 1.54) is 12.1 Å². The molecule has 2 N–H and O–H groups in total. The summed E-state index contributed by atoms with van der Waals surface area (Å²) in [5.41, 5.74) is 1.72. The highest BCUT2D eigenvalue weighted by atomic mass is 16.5. The quantitative estimate of drug-likeness (QED) is 0.794. The maximum atomic E-state index is 11.8. The zero-order chi connectivity index (χ0) is 17.5. The van der Waals surface area contributed by atoms with Crippen molar-refractivity contribution in [1.29, 1.82) is 0 Å². The van der Waals surface area contributed by atoms with E-state index in [9.17, 15) is 14.7 Å². The molecule has 0 fully saturated rings. The molecule has 2 aromatic rings. The number of carbonyl (C=O) groups excluding carboxylic acids is 2. The number of hydrogen-bond acceptors (Lipinski definition) is 5. The Balaban J connectivity index is 1.82. The molecule has 0 aliphatic rings. The van der Waals surface area contributed by atoms with Gasteiger partial charge in [-0.3, -0.25) is 4.79 Å². The number of nitrogens with one attached hydrogen (secondary N) is 1. The number of phenols is 1. The topological polar surface area (TPSA) is 84.9 Å².